The number of aryl methyl sites for hydroxylation is 1. The smallest absolute Gasteiger partial charge is 0.255 e. The number of aromatic nitrogens is 2. The first-order valence-electron chi connectivity index (χ1n) is 11.9. The van der Waals surface area contributed by atoms with E-state index >= 15 is 0 Å². The van der Waals surface area contributed by atoms with Crippen LogP contribution in [-0.2, 0) is 0 Å². The SMILES string of the molecule is Cc1ccc(NC(=O)c2cc(-c3cccn4c(-c5cccc(F)c5F)ncc34)ccc2C2CC2)cc1. The maximum absolute atomic E-state index is 14.5. The van der Waals surface area contributed by atoms with E-state index in [4.69, 9.17) is 0 Å². The molecule has 0 saturated heterocycles. The van der Waals surface area contributed by atoms with Crippen molar-refractivity contribution in [2.45, 2.75) is 25.7 Å². The number of benzene rings is 3. The van der Waals surface area contributed by atoms with Crippen LogP contribution in [0.2, 0.25) is 0 Å². The van der Waals surface area contributed by atoms with Gasteiger partial charge < -0.3 is 5.32 Å². The number of carbonyl (C=O) groups excluding carboxylic acids is 1. The maximum Gasteiger partial charge on any atom is 0.255 e. The van der Waals surface area contributed by atoms with Crippen molar-refractivity contribution in [3.8, 4) is 22.5 Å². The summed E-state index contributed by atoms with van der Waals surface area (Å²) in [5.41, 5.74) is 6.09. The Hall–Kier alpha value is -4.32. The quantitative estimate of drug-likeness (QED) is 0.286. The van der Waals surface area contributed by atoms with Crippen LogP contribution >= 0.6 is 0 Å². The standard InChI is InChI=1S/C30H23F2N3O/c1-18-7-12-21(13-8-18)34-30(36)25-16-20(11-14-22(25)19-9-10-19)23-5-3-15-35-27(23)17-33-29(35)24-4-2-6-26(31)28(24)32/h2-8,11-17,19H,9-10H2,1H3,(H,34,36). The second kappa shape index (κ2) is 8.72. The number of nitrogens with zero attached hydrogens (tertiary/aromatic N) is 2. The van der Waals surface area contributed by atoms with E-state index in [1.807, 2.05) is 61.5 Å². The van der Waals surface area contributed by atoms with Gasteiger partial charge in [-0.3, -0.25) is 9.20 Å². The lowest BCUT2D eigenvalue weighted by Gasteiger charge is -2.13. The van der Waals surface area contributed by atoms with Crippen LogP contribution in [-0.4, -0.2) is 15.3 Å². The summed E-state index contributed by atoms with van der Waals surface area (Å²) in [5, 5.41) is 3.03. The minimum atomic E-state index is -0.931. The van der Waals surface area contributed by atoms with Crippen LogP contribution in [0.4, 0.5) is 14.5 Å². The second-order valence-electron chi connectivity index (χ2n) is 9.26. The molecule has 1 aliphatic carbocycles. The third-order valence-electron chi connectivity index (χ3n) is 6.70. The van der Waals surface area contributed by atoms with E-state index < -0.39 is 11.6 Å². The van der Waals surface area contributed by atoms with Crippen LogP contribution in [0.15, 0.2) is 85.2 Å². The van der Waals surface area contributed by atoms with Gasteiger partial charge in [-0.15, -0.1) is 0 Å². The predicted octanol–water partition coefficient (Wildman–Crippen LogP) is 7.38. The largest absolute Gasteiger partial charge is 0.322 e. The van der Waals surface area contributed by atoms with Crippen molar-refractivity contribution in [2.75, 3.05) is 5.32 Å². The number of amides is 1. The van der Waals surface area contributed by atoms with E-state index in [1.165, 1.54) is 12.1 Å². The summed E-state index contributed by atoms with van der Waals surface area (Å²) in [5.74, 6) is -1.29. The molecule has 0 spiro atoms. The molecule has 3 aromatic carbocycles. The van der Waals surface area contributed by atoms with Crippen molar-refractivity contribution in [1.29, 1.82) is 0 Å². The lowest BCUT2D eigenvalue weighted by Crippen LogP contribution is -2.14. The highest BCUT2D eigenvalue weighted by Crippen LogP contribution is 2.43. The molecule has 2 heterocycles. The van der Waals surface area contributed by atoms with E-state index in [-0.39, 0.29) is 11.5 Å². The first-order valence-corrected chi connectivity index (χ1v) is 11.9. The molecular formula is C30H23F2N3O. The zero-order valence-electron chi connectivity index (χ0n) is 19.6. The van der Waals surface area contributed by atoms with Crippen LogP contribution in [0, 0.1) is 18.6 Å². The summed E-state index contributed by atoms with van der Waals surface area (Å²) in [6.07, 6.45) is 5.57. The molecule has 0 bridgehead atoms. The lowest BCUT2D eigenvalue weighted by molar-refractivity contribution is 0.102. The van der Waals surface area contributed by atoms with Crippen molar-refractivity contribution in [2.24, 2.45) is 0 Å². The Morgan fingerprint density at radius 3 is 2.53 bits per heavy atom. The molecular weight excluding hydrogens is 456 g/mol. The summed E-state index contributed by atoms with van der Waals surface area (Å²) in [7, 11) is 0. The summed E-state index contributed by atoms with van der Waals surface area (Å²) in [6, 6.07) is 21.5. The molecule has 4 nitrogen and oxygen atoms in total. The van der Waals surface area contributed by atoms with E-state index in [2.05, 4.69) is 10.3 Å². The van der Waals surface area contributed by atoms with E-state index in [9.17, 15) is 13.6 Å². The summed E-state index contributed by atoms with van der Waals surface area (Å²) in [6.45, 7) is 2.01. The van der Waals surface area contributed by atoms with Gasteiger partial charge in [0.2, 0.25) is 0 Å². The van der Waals surface area contributed by atoms with E-state index in [0.717, 1.165) is 52.4 Å². The predicted molar refractivity (Wildman–Crippen MR) is 137 cm³/mol. The minimum absolute atomic E-state index is 0.0920. The highest BCUT2D eigenvalue weighted by molar-refractivity contribution is 6.06. The lowest BCUT2D eigenvalue weighted by atomic mass is 9.96. The molecule has 0 unspecified atom stereocenters. The highest BCUT2D eigenvalue weighted by Gasteiger charge is 2.28. The zero-order valence-corrected chi connectivity index (χ0v) is 19.6. The highest BCUT2D eigenvalue weighted by atomic mass is 19.2. The molecule has 36 heavy (non-hydrogen) atoms. The molecule has 6 heteroatoms. The van der Waals surface area contributed by atoms with Gasteiger partial charge >= 0.3 is 0 Å². The Bertz CT molecular complexity index is 1620. The number of hydrogen-bond acceptors (Lipinski definition) is 2. The molecule has 1 N–H and O–H groups in total. The van der Waals surface area contributed by atoms with Gasteiger partial charge in [-0.2, -0.15) is 0 Å². The van der Waals surface area contributed by atoms with Crippen molar-refractivity contribution in [1.82, 2.24) is 9.38 Å². The molecule has 6 rings (SSSR count). The zero-order chi connectivity index (χ0) is 24.8. The summed E-state index contributed by atoms with van der Waals surface area (Å²) < 4.78 is 30.1. The van der Waals surface area contributed by atoms with Crippen LogP contribution < -0.4 is 5.32 Å². The maximum atomic E-state index is 14.5. The number of hydrogen-bond donors (Lipinski definition) is 1. The monoisotopic (exact) mass is 479 g/mol. The van der Waals surface area contributed by atoms with Crippen LogP contribution in [0.25, 0.3) is 28.0 Å². The Morgan fingerprint density at radius 2 is 1.75 bits per heavy atom. The summed E-state index contributed by atoms with van der Waals surface area (Å²) >= 11 is 0. The van der Waals surface area contributed by atoms with E-state index in [1.54, 1.807) is 16.8 Å². The van der Waals surface area contributed by atoms with Gasteiger partial charge in [-0.25, -0.2) is 13.8 Å². The van der Waals surface area contributed by atoms with Crippen molar-refractivity contribution < 1.29 is 13.6 Å². The fraction of sp³-hybridized carbons (Fsp3) is 0.133. The molecule has 1 fully saturated rings. The summed E-state index contributed by atoms with van der Waals surface area (Å²) in [4.78, 5) is 17.8. The topological polar surface area (TPSA) is 46.4 Å². The second-order valence-corrected chi connectivity index (χ2v) is 9.26. The fourth-order valence-corrected chi connectivity index (χ4v) is 4.65. The number of imidazole rings is 1. The Kier molecular flexibility index (Phi) is 5.37. The molecule has 0 radical (unpaired) electrons. The molecule has 0 atom stereocenters. The average molecular weight is 480 g/mol. The number of nitrogens with one attached hydrogen (secondary N) is 1. The Balaban J connectivity index is 1.43. The van der Waals surface area contributed by atoms with Gasteiger partial charge in [0.15, 0.2) is 11.6 Å². The van der Waals surface area contributed by atoms with E-state index in [0.29, 0.717) is 17.3 Å². The normalized spacial score (nSPS) is 13.2. The van der Waals surface area contributed by atoms with Crippen LogP contribution in [0.5, 0.6) is 0 Å². The van der Waals surface area contributed by atoms with Crippen LogP contribution in [0.3, 0.4) is 0 Å². The molecule has 1 aliphatic rings. The number of pyridine rings is 1. The van der Waals surface area contributed by atoms with Gasteiger partial charge in [-0.1, -0.05) is 42.0 Å². The van der Waals surface area contributed by atoms with Gasteiger partial charge in [-0.05, 0) is 73.2 Å². The van der Waals surface area contributed by atoms with Gasteiger partial charge in [0.1, 0.15) is 5.82 Å². The molecule has 5 aromatic rings. The first kappa shape index (κ1) is 22.2. The molecule has 1 saturated carbocycles. The van der Waals surface area contributed by atoms with Crippen molar-refractivity contribution in [3.63, 3.8) is 0 Å². The Morgan fingerprint density at radius 1 is 0.972 bits per heavy atom. The van der Waals surface area contributed by atoms with Gasteiger partial charge in [0, 0.05) is 23.0 Å². The molecule has 178 valence electrons. The first-order chi connectivity index (χ1) is 17.5. The van der Waals surface area contributed by atoms with Gasteiger partial charge in [0.05, 0.1) is 17.3 Å². The third kappa shape index (κ3) is 3.94. The number of fused-ring (bicyclic) bond motifs is 1. The van der Waals surface area contributed by atoms with Crippen molar-refractivity contribution >= 4 is 17.1 Å². The van der Waals surface area contributed by atoms with Crippen LogP contribution in [0.1, 0.15) is 40.2 Å². The fourth-order valence-electron chi connectivity index (χ4n) is 4.65. The Labute approximate surface area is 207 Å². The average Bonchev–Trinajstić information content (AvgIpc) is 3.65. The minimum Gasteiger partial charge on any atom is -0.322 e. The van der Waals surface area contributed by atoms with Crippen molar-refractivity contribution in [3.05, 3.63) is 114 Å². The number of halogens is 2. The molecule has 2 aromatic heterocycles. The number of anilines is 1. The molecule has 1 amide bonds. The van der Waals surface area contributed by atoms with Gasteiger partial charge in [0.25, 0.3) is 5.91 Å². The third-order valence-corrected chi connectivity index (χ3v) is 6.70. The molecule has 0 aliphatic heterocycles. The number of rotatable bonds is 5. The number of carbonyl (C=O) groups is 1.